The van der Waals surface area contributed by atoms with E-state index in [1.807, 2.05) is 0 Å². The zero-order valence-electron chi connectivity index (χ0n) is 14.8. The normalized spacial score (nSPS) is 13.5. The largest absolute Gasteiger partial charge is 0.481 e. The molecule has 0 spiro atoms. The van der Waals surface area contributed by atoms with E-state index in [1.54, 1.807) is 0 Å². The predicted molar refractivity (Wildman–Crippen MR) is 96.5 cm³/mol. The Balaban J connectivity index is 5.12. The molecule has 3 atom stereocenters. The van der Waals surface area contributed by atoms with Gasteiger partial charge in [0.05, 0.1) is 18.4 Å². The van der Waals surface area contributed by atoms with Crippen LogP contribution in [0.25, 0.3) is 0 Å². The topological polar surface area (TPSA) is 199 Å². The van der Waals surface area contributed by atoms with Gasteiger partial charge in [0.1, 0.15) is 18.4 Å². The lowest BCUT2D eigenvalue weighted by Crippen LogP contribution is -2.56. The third-order valence-corrected chi connectivity index (χ3v) is 3.71. The van der Waals surface area contributed by atoms with E-state index in [9.17, 15) is 33.9 Å². The van der Waals surface area contributed by atoms with E-state index in [0.717, 1.165) is 0 Å². The van der Waals surface area contributed by atoms with Crippen LogP contribution < -0.4 is 16.0 Å². The van der Waals surface area contributed by atoms with Crippen LogP contribution in [0.2, 0.25) is 0 Å². The molecular weight excluding hydrogens is 398 g/mol. The maximum Gasteiger partial charge on any atom is 0.303 e. The molecule has 0 aromatic carbocycles. The van der Waals surface area contributed by atoms with Crippen molar-refractivity contribution in [2.24, 2.45) is 0 Å². The quantitative estimate of drug-likeness (QED) is 0.115. The second-order valence-corrected chi connectivity index (χ2v) is 5.95. The van der Waals surface area contributed by atoms with Gasteiger partial charge in [-0.1, -0.05) is 0 Å². The second kappa shape index (κ2) is 13.5. The van der Waals surface area contributed by atoms with E-state index in [4.69, 9.17) is 10.2 Å². The Labute approximate surface area is 165 Å². The number of carbonyl (C=O) groups excluding carboxylic acids is 4. The number of aldehydes is 1. The van der Waals surface area contributed by atoms with Crippen LogP contribution in [-0.2, 0) is 28.8 Å². The molecule has 3 amide bonds. The van der Waals surface area contributed by atoms with Crippen molar-refractivity contribution in [1.82, 2.24) is 16.0 Å². The summed E-state index contributed by atoms with van der Waals surface area (Å²) < 4.78 is 0. The van der Waals surface area contributed by atoms with Gasteiger partial charge in [-0.25, -0.2) is 0 Å². The van der Waals surface area contributed by atoms with Crippen molar-refractivity contribution < 1.29 is 44.1 Å². The predicted octanol–water partition coefficient (Wildman–Crippen LogP) is -2.71. The number of aliphatic carboxylic acids is 2. The number of aliphatic hydroxyl groups is 1. The Bertz CT molecular complexity index is 599. The minimum absolute atomic E-state index is 0.193. The zero-order valence-corrected chi connectivity index (χ0v) is 15.7. The smallest absolute Gasteiger partial charge is 0.303 e. The summed E-state index contributed by atoms with van der Waals surface area (Å²) in [5.74, 6) is -5.18. The van der Waals surface area contributed by atoms with Crippen molar-refractivity contribution in [1.29, 1.82) is 0 Å². The van der Waals surface area contributed by atoms with Crippen LogP contribution in [0.1, 0.15) is 25.7 Å². The molecule has 6 N–H and O–H groups in total. The number of hydrogen-bond acceptors (Lipinski definition) is 8. The fraction of sp³-hybridized carbons (Fsp3) is 0.600. The maximum absolute atomic E-state index is 12.3. The van der Waals surface area contributed by atoms with Gasteiger partial charge in [0.15, 0.2) is 0 Å². The summed E-state index contributed by atoms with van der Waals surface area (Å²) >= 11 is 3.71. The highest BCUT2D eigenvalue weighted by Gasteiger charge is 2.28. The standard InChI is InChI=1S/C15H23N3O9S/c19-5-8(1-3-12(22)23)16-14(26)9(2-4-13(24)25)18-15(27)10(6-20)17-11(21)7-28/h5,8-10,20,28H,1-4,6-7H2,(H,16,26)(H,17,21)(H,18,27)(H,22,23)(H,24,25)/t8-,9-,10-/m0/s1. The summed E-state index contributed by atoms with van der Waals surface area (Å²) in [5, 5.41) is 33.2. The molecule has 0 bridgehead atoms. The number of carboxylic acid groups (broad SMARTS) is 2. The van der Waals surface area contributed by atoms with Gasteiger partial charge < -0.3 is 36.1 Å². The molecule has 28 heavy (non-hydrogen) atoms. The molecule has 0 rings (SSSR count). The van der Waals surface area contributed by atoms with Crippen LogP contribution in [0.5, 0.6) is 0 Å². The number of aliphatic hydroxyl groups excluding tert-OH is 1. The summed E-state index contributed by atoms with van der Waals surface area (Å²) in [4.78, 5) is 68.1. The number of thiol groups is 1. The first-order valence-corrected chi connectivity index (χ1v) is 8.78. The van der Waals surface area contributed by atoms with E-state index in [2.05, 4.69) is 28.6 Å². The summed E-state index contributed by atoms with van der Waals surface area (Å²) in [6.45, 7) is -0.784. The fourth-order valence-corrected chi connectivity index (χ4v) is 2.07. The minimum Gasteiger partial charge on any atom is -0.481 e. The van der Waals surface area contributed by atoms with Crippen LogP contribution in [-0.4, -0.2) is 81.8 Å². The summed E-state index contributed by atoms with van der Waals surface area (Å²) in [7, 11) is 0. The Morgan fingerprint density at radius 2 is 1.39 bits per heavy atom. The molecular formula is C15H23N3O9S. The first-order chi connectivity index (χ1) is 13.1. The molecule has 13 heteroatoms. The van der Waals surface area contributed by atoms with Gasteiger partial charge >= 0.3 is 11.9 Å². The van der Waals surface area contributed by atoms with Gasteiger partial charge in [0.25, 0.3) is 0 Å². The average Bonchev–Trinajstić information content (AvgIpc) is 2.65. The van der Waals surface area contributed by atoms with Gasteiger partial charge in [-0.05, 0) is 12.8 Å². The Morgan fingerprint density at radius 3 is 1.86 bits per heavy atom. The van der Waals surface area contributed by atoms with Crippen LogP contribution in [0, 0.1) is 0 Å². The monoisotopic (exact) mass is 421 g/mol. The van der Waals surface area contributed by atoms with E-state index >= 15 is 0 Å². The first kappa shape index (κ1) is 25.3. The molecule has 0 heterocycles. The van der Waals surface area contributed by atoms with E-state index < -0.39 is 67.2 Å². The maximum atomic E-state index is 12.3. The van der Waals surface area contributed by atoms with Crippen molar-refractivity contribution in [2.75, 3.05) is 12.4 Å². The third-order valence-electron chi connectivity index (χ3n) is 3.42. The minimum atomic E-state index is -1.39. The van der Waals surface area contributed by atoms with Crippen LogP contribution in [0.15, 0.2) is 0 Å². The molecule has 0 aliphatic rings. The SMILES string of the molecule is O=C[C@H](CCC(=O)O)NC(=O)[C@H](CCC(=O)O)NC(=O)[C@H](CO)NC(=O)CS. The van der Waals surface area contributed by atoms with Crippen molar-refractivity contribution in [3.8, 4) is 0 Å². The van der Waals surface area contributed by atoms with Crippen molar-refractivity contribution in [3.63, 3.8) is 0 Å². The number of hydrogen-bond donors (Lipinski definition) is 7. The second-order valence-electron chi connectivity index (χ2n) is 5.64. The van der Waals surface area contributed by atoms with E-state index in [0.29, 0.717) is 6.29 Å². The molecule has 0 aromatic heterocycles. The number of carboxylic acids is 2. The molecule has 0 unspecified atom stereocenters. The highest BCUT2D eigenvalue weighted by molar-refractivity contribution is 7.81. The van der Waals surface area contributed by atoms with Crippen LogP contribution in [0.4, 0.5) is 0 Å². The molecule has 0 aliphatic heterocycles. The first-order valence-electron chi connectivity index (χ1n) is 8.15. The molecule has 0 aliphatic carbocycles. The number of nitrogens with one attached hydrogen (secondary N) is 3. The van der Waals surface area contributed by atoms with Crippen LogP contribution >= 0.6 is 12.6 Å². The van der Waals surface area contributed by atoms with E-state index in [-0.39, 0.29) is 18.6 Å². The molecule has 0 radical (unpaired) electrons. The Kier molecular flexibility index (Phi) is 12.2. The van der Waals surface area contributed by atoms with Gasteiger partial charge in [-0.2, -0.15) is 12.6 Å². The van der Waals surface area contributed by atoms with Gasteiger partial charge in [-0.3, -0.25) is 24.0 Å². The summed E-state index contributed by atoms with van der Waals surface area (Å²) in [5.41, 5.74) is 0. The van der Waals surface area contributed by atoms with Gasteiger partial charge in [0.2, 0.25) is 17.7 Å². The zero-order chi connectivity index (χ0) is 21.7. The van der Waals surface area contributed by atoms with Crippen LogP contribution in [0.3, 0.4) is 0 Å². The number of carbonyl (C=O) groups is 6. The number of amides is 3. The van der Waals surface area contributed by atoms with E-state index in [1.165, 1.54) is 0 Å². The third kappa shape index (κ3) is 10.5. The summed E-state index contributed by atoms with van der Waals surface area (Å²) in [6, 6.07) is -3.93. The lowest BCUT2D eigenvalue weighted by atomic mass is 10.1. The lowest BCUT2D eigenvalue weighted by Gasteiger charge is -2.23. The Morgan fingerprint density at radius 1 is 0.857 bits per heavy atom. The van der Waals surface area contributed by atoms with Gasteiger partial charge in [0, 0.05) is 12.8 Å². The number of rotatable bonds is 14. The Hall–Kier alpha value is -2.67. The van der Waals surface area contributed by atoms with Crippen molar-refractivity contribution >= 4 is 48.6 Å². The van der Waals surface area contributed by atoms with Gasteiger partial charge in [-0.15, -0.1) is 0 Å². The molecule has 0 saturated carbocycles. The summed E-state index contributed by atoms with van der Waals surface area (Å²) in [6.07, 6.45) is -1.10. The highest BCUT2D eigenvalue weighted by Crippen LogP contribution is 2.02. The van der Waals surface area contributed by atoms with Crippen molar-refractivity contribution in [3.05, 3.63) is 0 Å². The van der Waals surface area contributed by atoms with Crippen molar-refractivity contribution in [2.45, 2.75) is 43.8 Å². The molecule has 0 aromatic rings. The highest BCUT2D eigenvalue weighted by atomic mass is 32.1. The molecule has 0 saturated heterocycles. The fourth-order valence-electron chi connectivity index (χ4n) is 1.98. The molecule has 158 valence electrons. The lowest BCUT2D eigenvalue weighted by molar-refractivity contribution is -0.139. The average molecular weight is 421 g/mol. The molecule has 12 nitrogen and oxygen atoms in total. The molecule has 0 fully saturated rings.